The quantitative estimate of drug-likeness (QED) is 0.857. The first-order valence-electron chi connectivity index (χ1n) is 8.64. The van der Waals surface area contributed by atoms with E-state index in [0.717, 1.165) is 17.1 Å². The molecule has 1 saturated carbocycles. The van der Waals surface area contributed by atoms with Crippen LogP contribution in [0.1, 0.15) is 42.3 Å². The predicted octanol–water partition coefficient (Wildman–Crippen LogP) is 3.11. The molecule has 3 rings (SSSR count). The van der Waals surface area contributed by atoms with Gasteiger partial charge in [0.1, 0.15) is 0 Å². The summed E-state index contributed by atoms with van der Waals surface area (Å²) in [5.41, 5.74) is 3.91. The molecule has 5 heteroatoms. The van der Waals surface area contributed by atoms with Gasteiger partial charge in [0, 0.05) is 13.1 Å². The second kappa shape index (κ2) is 7.18. The minimum atomic E-state index is -0.0190. The largest absolute Gasteiger partial charge is 0.322 e. The number of hydrogen-bond donors (Lipinski definition) is 2. The van der Waals surface area contributed by atoms with Crippen LogP contribution in [-0.2, 0) is 11.8 Å². The molecule has 2 N–H and O–H groups in total. The van der Waals surface area contributed by atoms with E-state index in [1.165, 1.54) is 24.8 Å². The molecule has 1 aliphatic carbocycles. The Bertz CT molecular complexity index is 704. The molecule has 0 bridgehead atoms. The maximum Gasteiger partial charge on any atom is 0.238 e. The van der Waals surface area contributed by atoms with Crippen molar-refractivity contribution in [2.75, 3.05) is 11.9 Å². The van der Waals surface area contributed by atoms with Crippen molar-refractivity contribution in [1.82, 2.24) is 15.1 Å². The molecule has 0 radical (unpaired) electrons. The number of aromatic nitrogens is 2. The Balaban J connectivity index is 1.63. The van der Waals surface area contributed by atoms with Gasteiger partial charge in [-0.05, 0) is 38.2 Å². The summed E-state index contributed by atoms with van der Waals surface area (Å²) in [6, 6.07) is 10.7. The molecule has 0 aliphatic heterocycles. The molecule has 5 nitrogen and oxygen atoms in total. The highest BCUT2D eigenvalue weighted by atomic mass is 16.1. The number of benzene rings is 1. The van der Waals surface area contributed by atoms with Crippen molar-refractivity contribution in [3.63, 3.8) is 0 Å². The average molecular weight is 326 g/mol. The lowest BCUT2D eigenvalue weighted by Gasteiger charge is -2.34. The average Bonchev–Trinajstić information content (AvgIpc) is 2.76. The van der Waals surface area contributed by atoms with Crippen LogP contribution in [0.25, 0.3) is 0 Å². The zero-order valence-corrected chi connectivity index (χ0v) is 14.7. The molecule has 128 valence electrons. The molecule has 0 spiro atoms. The Morgan fingerprint density at radius 1 is 1.29 bits per heavy atom. The fourth-order valence-electron chi connectivity index (χ4n) is 3.33. The van der Waals surface area contributed by atoms with Crippen LogP contribution in [0.3, 0.4) is 0 Å². The fourth-order valence-corrected chi connectivity index (χ4v) is 3.33. The number of aryl methyl sites for hydroxylation is 2. The molecule has 1 fully saturated rings. The highest BCUT2D eigenvalue weighted by Crippen LogP contribution is 2.37. The van der Waals surface area contributed by atoms with Gasteiger partial charge in [0.15, 0.2) is 0 Å². The number of rotatable bonds is 6. The van der Waals surface area contributed by atoms with Crippen molar-refractivity contribution in [3.05, 3.63) is 47.3 Å². The Morgan fingerprint density at radius 3 is 2.54 bits per heavy atom. The van der Waals surface area contributed by atoms with Gasteiger partial charge in [0.25, 0.3) is 0 Å². The first-order chi connectivity index (χ1) is 11.6. The lowest BCUT2D eigenvalue weighted by Crippen LogP contribution is -2.37. The summed E-state index contributed by atoms with van der Waals surface area (Å²) in [6.07, 6.45) is 3.75. The number of nitrogens with one attached hydrogen (secondary N) is 2. The Hall–Kier alpha value is -2.14. The Morgan fingerprint density at radius 2 is 2.00 bits per heavy atom. The summed E-state index contributed by atoms with van der Waals surface area (Å²) in [7, 11) is 1.89. The Kier molecular flexibility index (Phi) is 5.00. The zero-order valence-electron chi connectivity index (χ0n) is 14.7. The van der Waals surface area contributed by atoms with Crippen molar-refractivity contribution in [2.24, 2.45) is 13.0 Å². The van der Waals surface area contributed by atoms with E-state index in [-0.39, 0.29) is 11.9 Å². The number of hydrogen-bond acceptors (Lipinski definition) is 3. The van der Waals surface area contributed by atoms with Gasteiger partial charge < -0.3 is 10.6 Å². The van der Waals surface area contributed by atoms with E-state index in [1.54, 1.807) is 4.68 Å². The molecular formula is C19H26N4O. The maximum atomic E-state index is 12.4. The molecule has 24 heavy (non-hydrogen) atoms. The molecular weight excluding hydrogens is 300 g/mol. The smallest absolute Gasteiger partial charge is 0.238 e. The summed E-state index contributed by atoms with van der Waals surface area (Å²) in [5.74, 6) is 0.608. The van der Waals surface area contributed by atoms with Crippen molar-refractivity contribution in [3.8, 4) is 0 Å². The van der Waals surface area contributed by atoms with Gasteiger partial charge in [0.05, 0.1) is 23.6 Å². The lowest BCUT2D eigenvalue weighted by molar-refractivity contribution is -0.115. The molecule has 1 aliphatic rings. The SMILES string of the molecule is Cc1nn(C)c(C)c1NC(=O)CN[C@@H](c1ccccc1)C1CCC1. The van der Waals surface area contributed by atoms with Gasteiger partial charge in [-0.15, -0.1) is 0 Å². The van der Waals surface area contributed by atoms with E-state index < -0.39 is 0 Å². The van der Waals surface area contributed by atoms with Crippen molar-refractivity contribution >= 4 is 11.6 Å². The maximum absolute atomic E-state index is 12.4. The summed E-state index contributed by atoms with van der Waals surface area (Å²) >= 11 is 0. The number of amides is 1. The number of carbonyl (C=O) groups excluding carboxylic acids is 1. The van der Waals surface area contributed by atoms with Crippen LogP contribution in [0.5, 0.6) is 0 Å². The van der Waals surface area contributed by atoms with Gasteiger partial charge in [0.2, 0.25) is 5.91 Å². The minimum Gasteiger partial charge on any atom is -0.322 e. The summed E-state index contributed by atoms with van der Waals surface area (Å²) < 4.78 is 1.79. The van der Waals surface area contributed by atoms with E-state index in [2.05, 4.69) is 40.0 Å². The normalized spacial score (nSPS) is 15.8. The molecule has 1 atom stereocenters. The minimum absolute atomic E-state index is 0.0190. The van der Waals surface area contributed by atoms with Gasteiger partial charge in [-0.3, -0.25) is 9.48 Å². The van der Waals surface area contributed by atoms with Gasteiger partial charge in [-0.25, -0.2) is 0 Å². The molecule has 1 heterocycles. The predicted molar refractivity (Wildman–Crippen MR) is 95.8 cm³/mol. The van der Waals surface area contributed by atoms with E-state index in [9.17, 15) is 4.79 Å². The van der Waals surface area contributed by atoms with Crippen molar-refractivity contribution in [2.45, 2.75) is 39.2 Å². The standard InChI is InChI=1S/C19H26N4O/c1-13-18(14(2)23(3)22-13)21-17(24)12-20-19(16-10-7-11-16)15-8-5-4-6-9-15/h4-6,8-9,16,19-20H,7,10-12H2,1-3H3,(H,21,24)/t19-/m0/s1. The molecule has 0 saturated heterocycles. The van der Waals surface area contributed by atoms with Crippen LogP contribution in [0.4, 0.5) is 5.69 Å². The highest BCUT2D eigenvalue weighted by Gasteiger charge is 2.28. The lowest BCUT2D eigenvalue weighted by atomic mass is 9.77. The van der Waals surface area contributed by atoms with Crippen molar-refractivity contribution in [1.29, 1.82) is 0 Å². The second-order valence-electron chi connectivity index (χ2n) is 6.68. The van der Waals surface area contributed by atoms with Crippen LogP contribution < -0.4 is 10.6 Å². The van der Waals surface area contributed by atoms with Crippen LogP contribution in [0.2, 0.25) is 0 Å². The third-order valence-electron chi connectivity index (χ3n) is 5.04. The molecule has 2 aromatic rings. The topological polar surface area (TPSA) is 59.0 Å². The van der Waals surface area contributed by atoms with Crippen LogP contribution in [0, 0.1) is 19.8 Å². The van der Waals surface area contributed by atoms with E-state index >= 15 is 0 Å². The third kappa shape index (κ3) is 3.51. The van der Waals surface area contributed by atoms with E-state index in [4.69, 9.17) is 0 Å². The number of anilines is 1. The number of nitrogens with zero attached hydrogens (tertiary/aromatic N) is 2. The van der Waals surface area contributed by atoms with Gasteiger partial charge >= 0.3 is 0 Å². The van der Waals surface area contributed by atoms with E-state index in [0.29, 0.717) is 12.5 Å². The van der Waals surface area contributed by atoms with E-state index in [1.807, 2.05) is 27.0 Å². The van der Waals surface area contributed by atoms with Crippen LogP contribution in [0.15, 0.2) is 30.3 Å². The summed E-state index contributed by atoms with van der Waals surface area (Å²) in [5, 5.41) is 10.8. The summed E-state index contributed by atoms with van der Waals surface area (Å²) in [4.78, 5) is 12.4. The zero-order chi connectivity index (χ0) is 17.1. The second-order valence-corrected chi connectivity index (χ2v) is 6.68. The van der Waals surface area contributed by atoms with Crippen molar-refractivity contribution < 1.29 is 4.79 Å². The van der Waals surface area contributed by atoms with Gasteiger partial charge in [-0.1, -0.05) is 36.8 Å². The molecule has 1 aromatic heterocycles. The highest BCUT2D eigenvalue weighted by molar-refractivity contribution is 5.93. The molecule has 1 aromatic carbocycles. The first-order valence-corrected chi connectivity index (χ1v) is 8.64. The number of carbonyl (C=O) groups is 1. The van der Waals surface area contributed by atoms with Gasteiger partial charge in [-0.2, -0.15) is 5.10 Å². The fraction of sp³-hybridized carbons (Fsp3) is 0.474. The summed E-state index contributed by atoms with van der Waals surface area (Å²) in [6.45, 7) is 4.19. The van der Waals surface area contributed by atoms with Crippen LogP contribution in [-0.4, -0.2) is 22.2 Å². The molecule has 1 amide bonds. The molecule has 0 unspecified atom stereocenters. The Labute approximate surface area is 143 Å². The third-order valence-corrected chi connectivity index (χ3v) is 5.04. The first kappa shape index (κ1) is 16.7. The monoisotopic (exact) mass is 326 g/mol. The van der Waals surface area contributed by atoms with Crippen LogP contribution >= 0.6 is 0 Å².